The Labute approximate surface area is 201 Å². The maximum atomic E-state index is 13.2. The van der Waals surface area contributed by atoms with Crippen LogP contribution in [-0.4, -0.2) is 42.6 Å². The number of hydrogen-bond acceptors (Lipinski definition) is 8. The van der Waals surface area contributed by atoms with Gasteiger partial charge in [-0.25, -0.2) is 4.98 Å². The van der Waals surface area contributed by atoms with Crippen LogP contribution in [0.25, 0.3) is 5.76 Å². The highest BCUT2D eigenvalue weighted by molar-refractivity contribution is 7.14. The number of benzene rings is 2. The minimum absolute atomic E-state index is 0.0327. The molecule has 1 fully saturated rings. The van der Waals surface area contributed by atoms with Crippen molar-refractivity contribution in [1.82, 2.24) is 4.98 Å². The average molecular weight is 481 g/mol. The second kappa shape index (κ2) is 9.96. The Morgan fingerprint density at radius 2 is 1.82 bits per heavy atom. The van der Waals surface area contributed by atoms with Gasteiger partial charge in [0.2, 0.25) is 0 Å². The van der Waals surface area contributed by atoms with E-state index in [4.69, 9.17) is 14.2 Å². The normalized spacial score (nSPS) is 17.1. The number of aromatic nitrogens is 1. The zero-order valence-corrected chi connectivity index (χ0v) is 19.8. The molecule has 2 aromatic carbocycles. The Morgan fingerprint density at radius 1 is 1.09 bits per heavy atom. The van der Waals surface area contributed by atoms with E-state index in [1.165, 1.54) is 30.5 Å². The number of methoxy groups -OCH3 is 2. The molecule has 1 amide bonds. The molecule has 0 radical (unpaired) electrons. The summed E-state index contributed by atoms with van der Waals surface area (Å²) in [6, 6.07) is 10.9. The van der Waals surface area contributed by atoms with E-state index in [1.54, 1.807) is 54.0 Å². The van der Waals surface area contributed by atoms with Crippen LogP contribution >= 0.6 is 11.3 Å². The molecule has 9 heteroatoms. The Bertz CT molecular complexity index is 1220. The number of anilines is 1. The molecule has 0 aliphatic carbocycles. The highest BCUT2D eigenvalue weighted by Crippen LogP contribution is 2.44. The molecule has 1 aliphatic heterocycles. The van der Waals surface area contributed by atoms with Crippen molar-refractivity contribution in [3.05, 3.63) is 70.7 Å². The van der Waals surface area contributed by atoms with Gasteiger partial charge in [0.15, 0.2) is 16.6 Å². The molecule has 0 bridgehead atoms. The van der Waals surface area contributed by atoms with Crippen molar-refractivity contribution in [1.29, 1.82) is 0 Å². The molecule has 3 aromatic rings. The third-order valence-electron chi connectivity index (χ3n) is 5.39. The van der Waals surface area contributed by atoms with E-state index >= 15 is 0 Å². The molecule has 1 N–H and O–H groups in total. The summed E-state index contributed by atoms with van der Waals surface area (Å²) in [6.45, 7) is 2.58. The number of amides is 1. The molecular weight excluding hydrogens is 456 g/mol. The van der Waals surface area contributed by atoms with Gasteiger partial charge in [-0.15, -0.1) is 11.3 Å². The molecule has 8 nitrogen and oxygen atoms in total. The van der Waals surface area contributed by atoms with Gasteiger partial charge in [0.05, 0.1) is 32.4 Å². The van der Waals surface area contributed by atoms with Crippen molar-refractivity contribution in [2.24, 2.45) is 0 Å². The minimum atomic E-state index is -0.901. The van der Waals surface area contributed by atoms with Gasteiger partial charge in [-0.1, -0.05) is 13.0 Å². The van der Waals surface area contributed by atoms with Crippen LogP contribution in [0.2, 0.25) is 0 Å². The summed E-state index contributed by atoms with van der Waals surface area (Å²) in [4.78, 5) is 31.8. The number of carbonyl (C=O) groups excluding carboxylic acids is 2. The molecule has 1 unspecified atom stereocenters. The van der Waals surface area contributed by atoms with Crippen molar-refractivity contribution in [3.8, 4) is 17.2 Å². The Kier molecular flexibility index (Phi) is 6.83. The van der Waals surface area contributed by atoms with Gasteiger partial charge in [0, 0.05) is 17.1 Å². The van der Waals surface area contributed by atoms with E-state index in [0.717, 1.165) is 6.42 Å². The summed E-state index contributed by atoms with van der Waals surface area (Å²) in [7, 11) is 3.02. The highest BCUT2D eigenvalue weighted by Gasteiger charge is 2.48. The van der Waals surface area contributed by atoms with Crippen LogP contribution < -0.4 is 19.1 Å². The van der Waals surface area contributed by atoms with Crippen molar-refractivity contribution in [2.45, 2.75) is 19.4 Å². The van der Waals surface area contributed by atoms with Crippen LogP contribution in [0.5, 0.6) is 17.2 Å². The monoisotopic (exact) mass is 480 g/mol. The number of aliphatic hydroxyl groups is 1. The van der Waals surface area contributed by atoms with Crippen LogP contribution in [0.3, 0.4) is 0 Å². The zero-order chi connectivity index (χ0) is 24.2. The molecular formula is C25H24N2O6S. The zero-order valence-electron chi connectivity index (χ0n) is 19.0. The molecule has 34 heavy (non-hydrogen) atoms. The molecule has 0 spiro atoms. The van der Waals surface area contributed by atoms with Crippen molar-refractivity contribution < 1.29 is 28.9 Å². The summed E-state index contributed by atoms with van der Waals surface area (Å²) in [5, 5.41) is 13.3. The Balaban J connectivity index is 1.86. The number of carbonyl (C=O) groups is 2. The fraction of sp³-hybridized carbons (Fsp3) is 0.240. The molecule has 176 valence electrons. The van der Waals surface area contributed by atoms with Gasteiger partial charge in [0.1, 0.15) is 11.5 Å². The van der Waals surface area contributed by atoms with Crippen LogP contribution in [-0.2, 0) is 9.59 Å². The third-order valence-corrected chi connectivity index (χ3v) is 6.16. The van der Waals surface area contributed by atoms with Crippen LogP contribution in [0, 0.1) is 0 Å². The van der Waals surface area contributed by atoms with E-state index in [9.17, 15) is 14.7 Å². The third kappa shape index (κ3) is 4.22. The summed E-state index contributed by atoms with van der Waals surface area (Å²) in [5.41, 5.74) is 0.928. The van der Waals surface area contributed by atoms with Gasteiger partial charge in [-0.05, 0) is 48.4 Å². The lowest BCUT2D eigenvalue weighted by atomic mass is 9.95. The summed E-state index contributed by atoms with van der Waals surface area (Å²) >= 11 is 1.23. The first-order chi connectivity index (χ1) is 16.5. The summed E-state index contributed by atoms with van der Waals surface area (Å²) < 4.78 is 16.3. The van der Waals surface area contributed by atoms with E-state index in [0.29, 0.717) is 40.1 Å². The van der Waals surface area contributed by atoms with Gasteiger partial charge < -0.3 is 19.3 Å². The number of Topliss-reactive ketones (excluding diaryl/α,β-unsaturated/α-hetero) is 1. The quantitative estimate of drug-likeness (QED) is 0.286. The molecule has 4 rings (SSSR count). The van der Waals surface area contributed by atoms with E-state index in [1.807, 2.05) is 6.92 Å². The number of thiazole rings is 1. The van der Waals surface area contributed by atoms with E-state index < -0.39 is 17.7 Å². The SMILES string of the molecule is CCCOc1ccc(C(O)=C2C(=O)C(=O)N(c3nccs3)C2c2ccc(OC)c(OC)c2)cc1. The average Bonchev–Trinajstić information content (AvgIpc) is 3.48. The molecule has 1 atom stereocenters. The van der Waals surface area contributed by atoms with Crippen molar-refractivity contribution in [2.75, 3.05) is 25.7 Å². The lowest BCUT2D eigenvalue weighted by Gasteiger charge is -2.23. The second-order valence-corrected chi connectivity index (χ2v) is 8.34. The smallest absolute Gasteiger partial charge is 0.301 e. The number of hydrogen-bond donors (Lipinski definition) is 1. The van der Waals surface area contributed by atoms with Gasteiger partial charge in [-0.2, -0.15) is 0 Å². The molecule has 1 aromatic heterocycles. The lowest BCUT2D eigenvalue weighted by Crippen LogP contribution is -2.29. The fourth-order valence-corrected chi connectivity index (χ4v) is 4.45. The molecule has 0 saturated carbocycles. The summed E-state index contributed by atoms with van der Waals surface area (Å²) in [5.74, 6) is -0.252. The van der Waals surface area contributed by atoms with Gasteiger partial charge >= 0.3 is 5.91 Å². The topological polar surface area (TPSA) is 98.2 Å². The largest absolute Gasteiger partial charge is 0.507 e. The van der Waals surface area contributed by atoms with Crippen molar-refractivity contribution in [3.63, 3.8) is 0 Å². The fourth-order valence-electron chi connectivity index (χ4n) is 3.79. The van der Waals surface area contributed by atoms with Gasteiger partial charge in [-0.3, -0.25) is 14.5 Å². The number of rotatable bonds is 8. The number of nitrogens with zero attached hydrogens (tertiary/aromatic N) is 2. The first-order valence-electron chi connectivity index (χ1n) is 10.7. The van der Waals surface area contributed by atoms with Crippen LogP contribution in [0.4, 0.5) is 5.13 Å². The second-order valence-electron chi connectivity index (χ2n) is 7.47. The number of ketones is 1. The molecule has 1 saturated heterocycles. The first-order valence-corrected chi connectivity index (χ1v) is 11.5. The number of aliphatic hydroxyl groups excluding tert-OH is 1. The van der Waals surface area contributed by atoms with E-state index in [2.05, 4.69) is 4.98 Å². The predicted octanol–water partition coefficient (Wildman–Crippen LogP) is 4.58. The van der Waals surface area contributed by atoms with E-state index in [-0.39, 0.29) is 11.3 Å². The van der Waals surface area contributed by atoms with Crippen LogP contribution in [0.1, 0.15) is 30.5 Å². The molecule has 2 heterocycles. The maximum Gasteiger partial charge on any atom is 0.301 e. The highest BCUT2D eigenvalue weighted by atomic mass is 32.1. The summed E-state index contributed by atoms with van der Waals surface area (Å²) in [6.07, 6.45) is 2.42. The molecule has 1 aliphatic rings. The minimum Gasteiger partial charge on any atom is -0.507 e. The lowest BCUT2D eigenvalue weighted by molar-refractivity contribution is -0.132. The van der Waals surface area contributed by atoms with Crippen molar-refractivity contribution >= 4 is 33.9 Å². The maximum absolute atomic E-state index is 13.2. The first kappa shape index (κ1) is 23.3. The standard InChI is InChI=1S/C25H24N2O6S/c1-4-12-33-17-8-5-15(6-9-17)22(28)20-21(16-7-10-18(31-2)19(14-16)32-3)27(24(30)23(20)29)25-26-11-13-34-25/h5-11,13-14,21,28H,4,12H2,1-3H3. The van der Waals surface area contributed by atoms with Crippen LogP contribution in [0.15, 0.2) is 59.6 Å². The number of ether oxygens (including phenoxy) is 3. The van der Waals surface area contributed by atoms with Gasteiger partial charge in [0.25, 0.3) is 5.78 Å². The predicted molar refractivity (Wildman–Crippen MR) is 129 cm³/mol. The Morgan fingerprint density at radius 3 is 2.44 bits per heavy atom. The Hall–Kier alpha value is -3.85.